The molecule has 2 N–H and O–H groups in total. The molecule has 2 heterocycles. The Kier molecular flexibility index (Phi) is 4.62. The number of hydrogen-bond donors (Lipinski definition) is 1. The number of nitrogens with two attached hydrogens (primary N) is 1. The van der Waals surface area contributed by atoms with E-state index in [9.17, 15) is 0 Å². The summed E-state index contributed by atoms with van der Waals surface area (Å²) < 4.78 is 11.0. The largest absolute Gasteiger partial charge is 0.378 e. The van der Waals surface area contributed by atoms with Crippen molar-refractivity contribution in [2.24, 2.45) is 5.73 Å². The maximum atomic E-state index is 6.17. The fourth-order valence-electron chi connectivity index (χ4n) is 2.63. The van der Waals surface area contributed by atoms with Gasteiger partial charge in [0.1, 0.15) is 0 Å². The summed E-state index contributed by atoms with van der Waals surface area (Å²) in [5, 5.41) is 4.04. The maximum Gasteiger partial charge on any atom is 0.228 e. The van der Waals surface area contributed by atoms with Crippen LogP contribution in [-0.4, -0.2) is 22.9 Å². The van der Waals surface area contributed by atoms with Gasteiger partial charge >= 0.3 is 0 Å². The Balaban J connectivity index is 1.57. The maximum absolute atomic E-state index is 6.17. The SMILES string of the molecule is NC(Cc1nc(CC2CCCCO2)no1)c1ccccc1. The highest BCUT2D eigenvalue weighted by molar-refractivity contribution is 5.19. The van der Waals surface area contributed by atoms with E-state index in [1.165, 1.54) is 6.42 Å². The van der Waals surface area contributed by atoms with Gasteiger partial charge in [0, 0.05) is 25.5 Å². The minimum absolute atomic E-state index is 0.120. The Hall–Kier alpha value is -1.72. The van der Waals surface area contributed by atoms with Gasteiger partial charge in [0.25, 0.3) is 0 Å². The summed E-state index contributed by atoms with van der Waals surface area (Å²) in [7, 11) is 0. The Morgan fingerprint density at radius 3 is 2.86 bits per heavy atom. The van der Waals surface area contributed by atoms with Crippen LogP contribution in [0, 0.1) is 0 Å². The zero-order valence-electron chi connectivity index (χ0n) is 12.1. The number of benzene rings is 1. The molecular formula is C16H21N3O2. The first-order valence-electron chi connectivity index (χ1n) is 7.55. The molecule has 112 valence electrons. The number of hydrogen-bond acceptors (Lipinski definition) is 5. The van der Waals surface area contributed by atoms with E-state index in [0.29, 0.717) is 12.3 Å². The van der Waals surface area contributed by atoms with Crippen molar-refractivity contribution in [1.82, 2.24) is 10.1 Å². The van der Waals surface area contributed by atoms with Gasteiger partial charge in [0.2, 0.25) is 5.89 Å². The average Bonchev–Trinajstić information content (AvgIpc) is 2.96. The van der Waals surface area contributed by atoms with Gasteiger partial charge in [0.15, 0.2) is 5.82 Å². The molecule has 2 unspecified atom stereocenters. The first kappa shape index (κ1) is 14.2. The lowest BCUT2D eigenvalue weighted by molar-refractivity contribution is 0.0153. The minimum atomic E-state index is -0.120. The molecule has 0 spiro atoms. The van der Waals surface area contributed by atoms with Gasteiger partial charge in [-0.2, -0.15) is 4.98 Å². The lowest BCUT2D eigenvalue weighted by Crippen LogP contribution is -2.21. The van der Waals surface area contributed by atoms with E-state index in [1.54, 1.807) is 0 Å². The van der Waals surface area contributed by atoms with Crippen molar-refractivity contribution in [2.45, 2.75) is 44.2 Å². The highest BCUT2D eigenvalue weighted by Gasteiger charge is 2.18. The molecule has 0 saturated carbocycles. The van der Waals surface area contributed by atoms with E-state index in [2.05, 4.69) is 10.1 Å². The lowest BCUT2D eigenvalue weighted by Gasteiger charge is -2.20. The average molecular weight is 287 g/mol. The van der Waals surface area contributed by atoms with Crippen molar-refractivity contribution >= 4 is 0 Å². The third kappa shape index (κ3) is 3.89. The number of nitrogens with zero attached hydrogens (tertiary/aromatic N) is 2. The van der Waals surface area contributed by atoms with E-state index in [-0.39, 0.29) is 12.1 Å². The van der Waals surface area contributed by atoms with Crippen LogP contribution < -0.4 is 5.73 Å². The molecule has 3 rings (SSSR count). The summed E-state index contributed by atoms with van der Waals surface area (Å²) in [6.45, 7) is 0.842. The molecule has 2 atom stereocenters. The summed E-state index contributed by atoms with van der Waals surface area (Å²) in [5.74, 6) is 1.31. The van der Waals surface area contributed by atoms with Crippen LogP contribution in [0.1, 0.15) is 42.6 Å². The second kappa shape index (κ2) is 6.83. The highest BCUT2D eigenvalue weighted by Crippen LogP contribution is 2.18. The van der Waals surface area contributed by atoms with Gasteiger partial charge < -0.3 is 15.0 Å². The van der Waals surface area contributed by atoms with Gasteiger partial charge in [-0.25, -0.2) is 0 Å². The fraction of sp³-hybridized carbons (Fsp3) is 0.500. The van der Waals surface area contributed by atoms with Crippen LogP contribution in [0.5, 0.6) is 0 Å². The molecule has 21 heavy (non-hydrogen) atoms. The van der Waals surface area contributed by atoms with Crippen molar-refractivity contribution in [2.75, 3.05) is 6.61 Å². The van der Waals surface area contributed by atoms with Crippen LogP contribution >= 0.6 is 0 Å². The van der Waals surface area contributed by atoms with Crippen molar-refractivity contribution in [3.8, 4) is 0 Å². The van der Waals surface area contributed by atoms with Crippen LogP contribution in [0.2, 0.25) is 0 Å². The highest BCUT2D eigenvalue weighted by atomic mass is 16.5. The summed E-state index contributed by atoms with van der Waals surface area (Å²) in [6.07, 6.45) is 4.96. The first-order chi connectivity index (χ1) is 10.3. The van der Waals surface area contributed by atoms with E-state index in [1.807, 2.05) is 30.3 Å². The Bertz CT molecular complexity index is 550. The molecule has 1 aliphatic heterocycles. The molecule has 0 bridgehead atoms. The number of aromatic nitrogens is 2. The molecule has 2 aromatic rings. The van der Waals surface area contributed by atoms with Gasteiger partial charge in [-0.3, -0.25) is 0 Å². The summed E-state index contributed by atoms with van der Waals surface area (Å²) in [5.41, 5.74) is 7.24. The van der Waals surface area contributed by atoms with Crippen LogP contribution in [0.25, 0.3) is 0 Å². The van der Waals surface area contributed by atoms with Gasteiger partial charge in [-0.05, 0) is 24.8 Å². The normalized spacial score (nSPS) is 20.3. The summed E-state index contributed by atoms with van der Waals surface area (Å²) in [6, 6.07) is 9.84. The monoisotopic (exact) mass is 287 g/mol. The summed E-state index contributed by atoms with van der Waals surface area (Å²) in [4.78, 5) is 4.43. The molecule has 0 amide bonds. The topological polar surface area (TPSA) is 74.2 Å². The van der Waals surface area contributed by atoms with Gasteiger partial charge in [0.05, 0.1) is 6.10 Å². The molecular weight excluding hydrogens is 266 g/mol. The van der Waals surface area contributed by atoms with Crippen molar-refractivity contribution in [1.29, 1.82) is 0 Å². The second-order valence-electron chi connectivity index (χ2n) is 5.52. The predicted molar refractivity (Wildman–Crippen MR) is 78.7 cm³/mol. The second-order valence-corrected chi connectivity index (χ2v) is 5.52. The predicted octanol–water partition coefficient (Wildman–Crippen LogP) is 2.42. The van der Waals surface area contributed by atoms with E-state index in [4.69, 9.17) is 15.0 Å². The quantitative estimate of drug-likeness (QED) is 0.914. The Morgan fingerprint density at radius 2 is 2.10 bits per heavy atom. The van der Waals surface area contributed by atoms with Crippen molar-refractivity contribution in [3.05, 3.63) is 47.6 Å². The zero-order valence-corrected chi connectivity index (χ0v) is 12.1. The molecule has 1 aromatic carbocycles. The Morgan fingerprint density at radius 1 is 1.24 bits per heavy atom. The van der Waals surface area contributed by atoms with Crippen molar-refractivity contribution in [3.63, 3.8) is 0 Å². The van der Waals surface area contributed by atoms with Gasteiger partial charge in [-0.15, -0.1) is 0 Å². The molecule has 5 heteroatoms. The minimum Gasteiger partial charge on any atom is -0.378 e. The van der Waals surface area contributed by atoms with Crippen molar-refractivity contribution < 1.29 is 9.26 Å². The molecule has 0 radical (unpaired) electrons. The van der Waals surface area contributed by atoms with Crippen LogP contribution in [-0.2, 0) is 17.6 Å². The molecule has 1 fully saturated rings. The molecule has 5 nitrogen and oxygen atoms in total. The smallest absolute Gasteiger partial charge is 0.228 e. The lowest BCUT2D eigenvalue weighted by atomic mass is 10.0. The third-order valence-corrected chi connectivity index (χ3v) is 3.82. The number of rotatable bonds is 5. The van der Waals surface area contributed by atoms with E-state index in [0.717, 1.165) is 37.3 Å². The van der Waals surface area contributed by atoms with Crippen LogP contribution in [0.4, 0.5) is 0 Å². The fourth-order valence-corrected chi connectivity index (χ4v) is 2.63. The summed E-state index contributed by atoms with van der Waals surface area (Å²) >= 11 is 0. The van der Waals surface area contributed by atoms with E-state index >= 15 is 0 Å². The third-order valence-electron chi connectivity index (χ3n) is 3.82. The molecule has 1 aromatic heterocycles. The Labute approximate surface area is 124 Å². The molecule has 1 saturated heterocycles. The van der Waals surface area contributed by atoms with Crippen LogP contribution in [0.3, 0.4) is 0 Å². The van der Waals surface area contributed by atoms with E-state index < -0.39 is 0 Å². The number of ether oxygens (including phenoxy) is 1. The first-order valence-corrected chi connectivity index (χ1v) is 7.55. The zero-order chi connectivity index (χ0) is 14.5. The molecule has 0 aliphatic carbocycles. The standard InChI is InChI=1S/C16H21N3O2/c17-14(12-6-2-1-3-7-12)11-16-18-15(19-21-16)10-13-8-4-5-9-20-13/h1-3,6-7,13-14H,4-5,8-11,17H2. The molecule has 1 aliphatic rings. The van der Waals surface area contributed by atoms with Crippen LogP contribution in [0.15, 0.2) is 34.9 Å². The van der Waals surface area contributed by atoms with Gasteiger partial charge in [-0.1, -0.05) is 35.5 Å².